The molecule has 1 unspecified atom stereocenters. The molecule has 1 atom stereocenters. The van der Waals surface area contributed by atoms with Gasteiger partial charge in [0.15, 0.2) is 5.69 Å². The molecule has 0 radical (unpaired) electrons. The molecule has 2 aromatic rings. The lowest BCUT2D eigenvalue weighted by atomic mass is 10.1. The number of hydrogen-bond donors (Lipinski definition) is 0. The topological polar surface area (TPSA) is 68.5 Å². The van der Waals surface area contributed by atoms with Crippen molar-refractivity contribution >= 4 is 5.91 Å². The molecule has 1 saturated heterocycles. The van der Waals surface area contributed by atoms with Gasteiger partial charge in [-0.1, -0.05) is 18.1 Å². The Balaban J connectivity index is 1.55. The zero-order valence-corrected chi connectivity index (χ0v) is 14.0. The Bertz CT molecular complexity index is 657. The summed E-state index contributed by atoms with van der Waals surface area (Å²) in [6.45, 7) is 3.86. The van der Waals surface area contributed by atoms with Gasteiger partial charge >= 0.3 is 0 Å². The highest BCUT2D eigenvalue weighted by atomic mass is 16.5. The van der Waals surface area contributed by atoms with Crippen molar-refractivity contribution in [2.45, 2.75) is 45.3 Å². The number of aromatic nitrogens is 2. The zero-order chi connectivity index (χ0) is 16.8. The second-order valence-corrected chi connectivity index (χ2v) is 6.08. The van der Waals surface area contributed by atoms with Crippen molar-refractivity contribution in [1.29, 1.82) is 0 Å². The van der Waals surface area contributed by atoms with Crippen molar-refractivity contribution in [3.8, 4) is 0 Å². The number of amides is 1. The first-order chi connectivity index (χ1) is 11.8. The molecule has 0 N–H and O–H groups in total. The second kappa shape index (κ2) is 8.06. The van der Waals surface area contributed by atoms with Gasteiger partial charge in [-0.25, -0.2) is 0 Å². The number of carbonyl (C=O) groups excluding carboxylic acids is 1. The summed E-state index contributed by atoms with van der Waals surface area (Å²) in [7, 11) is 0. The molecule has 1 amide bonds. The van der Waals surface area contributed by atoms with Gasteiger partial charge < -0.3 is 14.2 Å². The molecule has 0 bridgehead atoms. The maximum Gasteiger partial charge on any atom is 0.276 e. The average Bonchev–Trinajstić information content (AvgIpc) is 3.09. The van der Waals surface area contributed by atoms with Gasteiger partial charge in [0.2, 0.25) is 0 Å². The number of hydrogen-bond acceptors (Lipinski definition) is 5. The van der Waals surface area contributed by atoms with E-state index in [9.17, 15) is 4.79 Å². The summed E-state index contributed by atoms with van der Waals surface area (Å²) in [5.74, 6) is 0.688. The highest BCUT2D eigenvalue weighted by Crippen LogP contribution is 2.17. The van der Waals surface area contributed by atoms with Crippen LogP contribution in [-0.2, 0) is 17.8 Å². The van der Waals surface area contributed by atoms with Crippen LogP contribution < -0.4 is 0 Å². The van der Waals surface area contributed by atoms with Crippen LogP contribution in [0.15, 0.2) is 35.0 Å². The van der Waals surface area contributed by atoms with Gasteiger partial charge in [0.05, 0.1) is 18.4 Å². The van der Waals surface area contributed by atoms with Crippen LogP contribution >= 0.6 is 0 Å². The number of rotatable bonds is 6. The third-order valence-corrected chi connectivity index (χ3v) is 4.13. The number of nitrogens with zero attached hydrogens (tertiary/aromatic N) is 3. The second-order valence-electron chi connectivity index (χ2n) is 6.08. The van der Waals surface area contributed by atoms with Crippen molar-refractivity contribution < 1.29 is 14.1 Å². The monoisotopic (exact) mass is 329 g/mol. The largest absolute Gasteiger partial charge is 0.370 e. The van der Waals surface area contributed by atoms with Crippen molar-refractivity contribution in [2.24, 2.45) is 0 Å². The highest BCUT2D eigenvalue weighted by molar-refractivity contribution is 5.92. The van der Waals surface area contributed by atoms with E-state index >= 15 is 0 Å². The minimum absolute atomic E-state index is 0.0340. The molecule has 1 fully saturated rings. The van der Waals surface area contributed by atoms with Gasteiger partial charge in [-0.05, 0) is 31.4 Å². The van der Waals surface area contributed by atoms with Crippen LogP contribution in [0.4, 0.5) is 0 Å². The standard InChI is InChI=1S/C18H23N3O3/c1-2-6-15-11-17(20-24-15)18(22)21-10-5-8-16(12-21)23-13-14-7-3-4-9-19-14/h3-4,7,9,11,16H,2,5-6,8,10,12-13H2,1H3. The van der Waals surface area contributed by atoms with Gasteiger partial charge in [0.25, 0.3) is 5.91 Å². The molecular weight excluding hydrogens is 306 g/mol. The average molecular weight is 329 g/mol. The molecule has 1 aliphatic heterocycles. The Morgan fingerprint density at radius 2 is 2.38 bits per heavy atom. The quantitative estimate of drug-likeness (QED) is 0.815. The molecule has 1 aliphatic rings. The number of ether oxygens (including phenoxy) is 1. The number of pyridine rings is 1. The van der Waals surface area contributed by atoms with E-state index in [1.807, 2.05) is 18.2 Å². The summed E-state index contributed by atoms with van der Waals surface area (Å²) < 4.78 is 11.1. The smallest absolute Gasteiger partial charge is 0.276 e. The van der Waals surface area contributed by atoms with Crippen LogP contribution in [0.5, 0.6) is 0 Å². The summed E-state index contributed by atoms with van der Waals surface area (Å²) in [4.78, 5) is 18.6. The van der Waals surface area contributed by atoms with E-state index < -0.39 is 0 Å². The van der Waals surface area contributed by atoms with Crippen LogP contribution in [-0.4, -0.2) is 40.1 Å². The van der Waals surface area contributed by atoms with Crippen molar-refractivity contribution in [3.05, 3.63) is 47.6 Å². The lowest BCUT2D eigenvalue weighted by molar-refractivity contribution is -0.00810. The first kappa shape index (κ1) is 16.6. The number of piperidine rings is 1. The molecule has 0 aromatic carbocycles. The lowest BCUT2D eigenvalue weighted by Gasteiger charge is -2.32. The Labute approximate surface area is 141 Å². The van der Waals surface area contributed by atoms with Gasteiger partial charge in [0.1, 0.15) is 5.76 Å². The van der Waals surface area contributed by atoms with Gasteiger partial charge in [-0.2, -0.15) is 0 Å². The summed E-state index contributed by atoms with van der Waals surface area (Å²) >= 11 is 0. The SMILES string of the molecule is CCCc1cc(C(=O)N2CCCC(OCc3ccccn3)C2)no1. The van der Waals surface area contributed by atoms with E-state index in [0.717, 1.165) is 43.7 Å². The fraction of sp³-hybridized carbons (Fsp3) is 0.500. The molecule has 6 heteroatoms. The molecule has 128 valence electrons. The number of likely N-dealkylation sites (tertiary alicyclic amines) is 1. The maximum atomic E-state index is 12.6. The maximum absolute atomic E-state index is 12.6. The highest BCUT2D eigenvalue weighted by Gasteiger charge is 2.27. The summed E-state index contributed by atoms with van der Waals surface area (Å²) in [6, 6.07) is 7.52. The molecule has 3 heterocycles. The van der Waals surface area contributed by atoms with Gasteiger partial charge in [-0.15, -0.1) is 0 Å². The van der Waals surface area contributed by atoms with E-state index in [1.165, 1.54) is 0 Å². The first-order valence-corrected chi connectivity index (χ1v) is 8.52. The van der Waals surface area contributed by atoms with Crippen LogP contribution in [0.1, 0.15) is 48.1 Å². The Kier molecular flexibility index (Phi) is 5.59. The molecule has 3 rings (SSSR count). The molecule has 6 nitrogen and oxygen atoms in total. The Morgan fingerprint density at radius 3 is 3.17 bits per heavy atom. The molecule has 0 aliphatic carbocycles. The van der Waals surface area contributed by atoms with Crippen LogP contribution in [0.25, 0.3) is 0 Å². The third-order valence-electron chi connectivity index (χ3n) is 4.13. The predicted octanol–water partition coefficient (Wildman–Crippen LogP) is 2.84. The van der Waals surface area contributed by atoms with Crippen molar-refractivity contribution in [3.63, 3.8) is 0 Å². The van der Waals surface area contributed by atoms with Crippen molar-refractivity contribution in [1.82, 2.24) is 15.0 Å². The van der Waals surface area contributed by atoms with E-state index in [0.29, 0.717) is 18.8 Å². The lowest BCUT2D eigenvalue weighted by Crippen LogP contribution is -2.43. The summed E-state index contributed by atoms with van der Waals surface area (Å²) in [5, 5.41) is 3.91. The molecule has 2 aromatic heterocycles. The summed E-state index contributed by atoms with van der Waals surface area (Å²) in [6.07, 6.45) is 5.45. The molecule has 0 spiro atoms. The Morgan fingerprint density at radius 1 is 1.46 bits per heavy atom. The number of aryl methyl sites for hydroxylation is 1. The Hall–Kier alpha value is -2.21. The van der Waals surface area contributed by atoms with Crippen molar-refractivity contribution in [2.75, 3.05) is 13.1 Å². The van der Waals surface area contributed by atoms with E-state index in [2.05, 4.69) is 17.1 Å². The third kappa shape index (κ3) is 4.20. The van der Waals surface area contributed by atoms with Gasteiger partial charge in [0, 0.05) is 31.8 Å². The predicted molar refractivity (Wildman–Crippen MR) is 88.4 cm³/mol. The van der Waals surface area contributed by atoms with E-state index in [-0.39, 0.29) is 12.0 Å². The fourth-order valence-corrected chi connectivity index (χ4v) is 2.89. The molecular formula is C18H23N3O3. The fourth-order valence-electron chi connectivity index (χ4n) is 2.89. The van der Waals surface area contributed by atoms with Crippen LogP contribution in [0.2, 0.25) is 0 Å². The minimum atomic E-state index is -0.0766. The normalized spacial score (nSPS) is 17.9. The first-order valence-electron chi connectivity index (χ1n) is 8.52. The molecule has 24 heavy (non-hydrogen) atoms. The number of carbonyl (C=O) groups is 1. The summed E-state index contributed by atoms with van der Waals surface area (Å²) in [5.41, 5.74) is 1.30. The van der Waals surface area contributed by atoms with E-state index in [1.54, 1.807) is 17.2 Å². The molecule has 0 saturated carbocycles. The van der Waals surface area contributed by atoms with Crippen LogP contribution in [0, 0.1) is 0 Å². The van der Waals surface area contributed by atoms with E-state index in [4.69, 9.17) is 9.26 Å². The van der Waals surface area contributed by atoms with Crippen LogP contribution in [0.3, 0.4) is 0 Å². The van der Waals surface area contributed by atoms with Gasteiger partial charge in [-0.3, -0.25) is 9.78 Å². The zero-order valence-electron chi connectivity index (χ0n) is 14.0. The minimum Gasteiger partial charge on any atom is -0.370 e.